The first-order chi connectivity index (χ1) is 9.11. The second-order valence-corrected chi connectivity index (χ2v) is 4.95. The van der Waals surface area contributed by atoms with Gasteiger partial charge in [-0.05, 0) is 25.3 Å². The summed E-state index contributed by atoms with van der Waals surface area (Å²) in [5.41, 5.74) is 0. The number of hydrogen-bond acceptors (Lipinski definition) is 3. The second-order valence-electron chi connectivity index (χ2n) is 4.12. The third-order valence-electron chi connectivity index (χ3n) is 2.28. The minimum atomic E-state index is 0.00570. The van der Waals surface area contributed by atoms with Crippen molar-refractivity contribution in [2.24, 2.45) is 10.9 Å². The maximum absolute atomic E-state index is 10.7. The molecule has 4 nitrogen and oxygen atoms in total. The molecule has 108 valence electrons. The fourth-order valence-corrected chi connectivity index (χ4v) is 1.97. The van der Waals surface area contributed by atoms with E-state index in [0.717, 1.165) is 18.0 Å². The van der Waals surface area contributed by atoms with Gasteiger partial charge in [-0.3, -0.25) is 9.79 Å². The molecule has 0 aromatic rings. The van der Waals surface area contributed by atoms with Gasteiger partial charge in [0.2, 0.25) is 5.91 Å². The van der Waals surface area contributed by atoms with Gasteiger partial charge in [0.15, 0.2) is 0 Å². The van der Waals surface area contributed by atoms with E-state index in [1.54, 1.807) is 11.9 Å². The van der Waals surface area contributed by atoms with Crippen LogP contribution in [0.5, 0.6) is 0 Å². The molecular weight excluding hydrogens is 258 g/mol. The summed E-state index contributed by atoms with van der Waals surface area (Å²) in [6, 6.07) is 0. The highest BCUT2D eigenvalue weighted by Gasteiger charge is 2.06. The highest BCUT2D eigenvalue weighted by molar-refractivity contribution is 7.98. The van der Waals surface area contributed by atoms with E-state index in [1.807, 2.05) is 19.1 Å². The molecule has 0 saturated carbocycles. The number of carbonyl (C=O) groups excluding carboxylic acids is 1. The quantitative estimate of drug-likeness (QED) is 0.225. The first-order valence-electron chi connectivity index (χ1n) is 6.52. The first-order valence-corrected chi connectivity index (χ1v) is 7.50. The molecule has 0 aliphatic carbocycles. The van der Waals surface area contributed by atoms with Crippen LogP contribution in [-0.4, -0.2) is 30.6 Å². The first kappa shape index (κ1) is 17.8. The van der Waals surface area contributed by atoms with Crippen molar-refractivity contribution < 1.29 is 4.79 Å². The molecule has 2 N–H and O–H groups in total. The lowest BCUT2D eigenvalue weighted by Crippen LogP contribution is -2.25. The lowest BCUT2D eigenvalue weighted by atomic mass is 10.1. The van der Waals surface area contributed by atoms with Gasteiger partial charge < -0.3 is 10.0 Å². The molecule has 0 fully saturated rings. The molecule has 0 aromatic carbocycles. The highest BCUT2D eigenvalue weighted by atomic mass is 32.2. The lowest BCUT2D eigenvalue weighted by Gasteiger charge is -2.13. The van der Waals surface area contributed by atoms with E-state index in [1.165, 1.54) is 6.92 Å². The molecule has 0 bridgehead atoms. The van der Waals surface area contributed by atoms with Crippen LogP contribution in [0.1, 0.15) is 27.2 Å². The average Bonchev–Trinajstić information content (AvgIpc) is 2.36. The van der Waals surface area contributed by atoms with Crippen LogP contribution in [-0.2, 0) is 4.79 Å². The number of amidine groups is 1. The van der Waals surface area contributed by atoms with Crippen molar-refractivity contribution in [3.05, 3.63) is 24.8 Å². The smallest absolute Gasteiger partial charge is 0.216 e. The molecule has 1 unspecified atom stereocenters. The van der Waals surface area contributed by atoms with Gasteiger partial charge in [0.1, 0.15) is 5.84 Å². The molecule has 5 heteroatoms. The van der Waals surface area contributed by atoms with Crippen molar-refractivity contribution in [1.29, 1.82) is 0 Å². The van der Waals surface area contributed by atoms with E-state index in [9.17, 15) is 4.79 Å². The van der Waals surface area contributed by atoms with Crippen molar-refractivity contribution in [1.82, 2.24) is 10.0 Å². The highest BCUT2D eigenvalue weighted by Crippen LogP contribution is 2.04. The summed E-state index contributed by atoms with van der Waals surface area (Å²) < 4.78 is 3.26. The standard InChI is InChI=1S/C14H25N3OS/c1-5-8-12(3)14(17-19-11-6-2)16-10-7-9-15-13(4)18/h5-6,8,12H,2,7,9-11H2,1,3-4H3,(H,15,18)(H,16,17)/b8-5-. The molecule has 0 radical (unpaired) electrons. The maximum Gasteiger partial charge on any atom is 0.216 e. The molecule has 1 atom stereocenters. The minimum absolute atomic E-state index is 0.00570. The fourth-order valence-electron chi connectivity index (χ4n) is 1.37. The number of nitrogens with one attached hydrogen (secondary N) is 2. The number of rotatable bonds is 9. The third-order valence-corrected chi connectivity index (χ3v) is 3.04. The van der Waals surface area contributed by atoms with Gasteiger partial charge in [-0.1, -0.05) is 25.2 Å². The number of hydrogen-bond donors (Lipinski definition) is 2. The molecule has 0 heterocycles. The topological polar surface area (TPSA) is 53.5 Å². The van der Waals surface area contributed by atoms with Gasteiger partial charge in [-0.15, -0.1) is 6.58 Å². The molecule has 0 aromatic heterocycles. The molecule has 0 aliphatic heterocycles. The van der Waals surface area contributed by atoms with Crippen LogP contribution in [0.2, 0.25) is 0 Å². The summed E-state index contributed by atoms with van der Waals surface area (Å²) in [6.07, 6.45) is 6.83. The molecule has 0 rings (SSSR count). The van der Waals surface area contributed by atoms with Crippen LogP contribution in [0.3, 0.4) is 0 Å². The van der Waals surface area contributed by atoms with Gasteiger partial charge in [0.05, 0.1) is 0 Å². The number of nitrogens with zero attached hydrogens (tertiary/aromatic N) is 1. The van der Waals surface area contributed by atoms with E-state index in [0.29, 0.717) is 13.1 Å². The van der Waals surface area contributed by atoms with Crippen LogP contribution in [0.15, 0.2) is 29.8 Å². The SMILES string of the molecule is C=CCSNC(=NCCCNC(C)=O)C(C)/C=C\C. The number of amides is 1. The number of carbonyl (C=O) groups is 1. The van der Waals surface area contributed by atoms with E-state index in [2.05, 4.69) is 34.6 Å². The lowest BCUT2D eigenvalue weighted by molar-refractivity contribution is -0.118. The predicted octanol–water partition coefficient (Wildman–Crippen LogP) is 2.55. The van der Waals surface area contributed by atoms with E-state index >= 15 is 0 Å². The van der Waals surface area contributed by atoms with Crippen LogP contribution in [0.4, 0.5) is 0 Å². The Hall–Kier alpha value is -1.23. The van der Waals surface area contributed by atoms with Gasteiger partial charge in [0, 0.05) is 31.7 Å². The van der Waals surface area contributed by atoms with E-state index in [4.69, 9.17) is 0 Å². The minimum Gasteiger partial charge on any atom is -0.356 e. The van der Waals surface area contributed by atoms with Crippen molar-refractivity contribution in [2.75, 3.05) is 18.8 Å². The summed E-state index contributed by atoms with van der Waals surface area (Å²) in [6.45, 7) is 10.7. The molecule has 1 amide bonds. The summed E-state index contributed by atoms with van der Waals surface area (Å²) in [5.74, 6) is 2.08. The Labute approximate surface area is 121 Å². The second kappa shape index (κ2) is 11.8. The maximum atomic E-state index is 10.7. The average molecular weight is 283 g/mol. The van der Waals surface area contributed by atoms with Crippen molar-refractivity contribution >= 4 is 23.7 Å². The Morgan fingerprint density at radius 1 is 1.53 bits per heavy atom. The summed E-state index contributed by atoms with van der Waals surface area (Å²) in [4.78, 5) is 15.3. The molecule has 0 aliphatic rings. The Morgan fingerprint density at radius 3 is 2.84 bits per heavy atom. The normalized spacial score (nSPS) is 13.3. The monoisotopic (exact) mass is 283 g/mol. The van der Waals surface area contributed by atoms with Crippen molar-refractivity contribution in [3.8, 4) is 0 Å². The predicted molar refractivity (Wildman–Crippen MR) is 85.4 cm³/mol. The zero-order valence-electron chi connectivity index (χ0n) is 12.1. The van der Waals surface area contributed by atoms with Gasteiger partial charge >= 0.3 is 0 Å². The Kier molecular flexibility index (Phi) is 11.1. The van der Waals surface area contributed by atoms with E-state index in [-0.39, 0.29) is 11.8 Å². The summed E-state index contributed by atoms with van der Waals surface area (Å²) >= 11 is 1.58. The molecule has 0 saturated heterocycles. The molecule has 19 heavy (non-hydrogen) atoms. The summed E-state index contributed by atoms with van der Waals surface area (Å²) in [7, 11) is 0. The van der Waals surface area contributed by atoms with Gasteiger partial charge in [-0.25, -0.2) is 0 Å². The Morgan fingerprint density at radius 2 is 2.26 bits per heavy atom. The van der Waals surface area contributed by atoms with Crippen LogP contribution in [0.25, 0.3) is 0 Å². The Bertz CT molecular complexity index is 327. The van der Waals surface area contributed by atoms with Crippen LogP contribution in [0, 0.1) is 5.92 Å². The van der Waals surface area contributed by atoms with Crippen LogP contribution < -0.4 is 10.0 Å². The molecular formula is C14H25N3OS. The van der Waals surface area contributed by atoms with Crippen LogP contribution >= 0.6 is 11.9 Å². The van der Waals surface area contributed by atoms with Crippen molar-refractivity contribution in [3.63, 3.8) is 0 Å². The van der Waals surface area contributed by atoms with Crippen molar-refractivity contribution in [2.45, 2.75) is 27.2 Å². The molecule has 0 spiro atoms. The largest absolute Gasteiger partial charge is 0.356 e. The number of allylic oxidation sites excluding steroid dienone is 1. The fraction of sp³-hybridized carbons (Fsp3) is 0.571. The Balaban J connectivity index is 4.21. The van der Waals surface area contributed by atoms with E-state index < -0.39 is 0 Å². The summed E-state index contributed by atoms with van der Waals surface area (Å²) in [5, 5.41) is 2.76. The van der Waals surface area contributed by atoms with Gasteiger partial charge in [0.25, 0.3) is 0 Å². The zero-order chi connectivity index (χ0) is 14.5. The number of aliphatic imine (C=N–C) groups is 1. The van der Waals surface area contributed by atoms with Gasteiger partial charge in [-0.2, -0.15) is 0 Å². The third kappa shape index (κ3) is 10.4. The zero-order valence-corrected chi connectivity index (χ0v) is 12.9.